The van der Waals surface area contributed by atoms with Crippen LogP contribution in [-0.2, 0) is 0 Å². The van der Waals surface area contributed by atoms with E-state index in [2.05, 4.69) is 20.7 Å². The van der Waals surface area contributed by atoms with Crippen molar-refractivity contribution in [1.82, 2.24) is 19.9 Å². The van der Waals surface area contributed by atoms with Crippen molar-refractivity contribution >= 4 is 29.2 Å². The van der Waals surface area contributed by atoms with Crippen LogP contribution in [0.1, 0.15) is 25.7 Å². The summed E-state index contributed by atoms with van der Waals surface area (Å²) in [5.41, 5.74) is 0.590. The molecule has 1 fully saturated rings. The van der Waals surface area contributed by atoms with E-state index in [-0.39, 0.29) is 12.0 Å². The molecule has 0 unspecified atom stereocenters. The highest BCUT2D eigenvalue weighted by molar-refractivity contribution is 6.30. The molecule has 2 heterocycles. The monoisotopic (exact) mass is 309 g/mol. The number of fused-ring (bicyclic) bond motifs is 1. The van der Waals surface area contributed by atoms with E-state index < -0.39 is 12.1 Å². The molecule has 112 valence electrons. The Morgan fingerprint density at radius 3 is 3.00 bits per heavy atom. The molecule has 1 aliphatic carbocycles. The van der Waals surface area contributed by atoms with Gasteiger partial charge in [-0.05, 0) is 25.0 Å². The Morgan fingerprint density at radius 2 is 2.19 bits per heavy atom. The second-order valence-corrected chi connectivity index (χ2v) is 5.58. The largest absolute Gasteiger partial charge is 0.391 e. The Hall–Kier alpha value is -1.86. The number of carbonyl (C=O) groups is 1. The third kappa shape index (κ3) is 3.25. The van der Waals surface area contributed by atoms with Crippen molar-refractivity contribution in [2.45, 2.75) is 37.8 Å². The number of amides is 2. The zero-order chi connectivity index (χ0) is 14.8. The molecule has 0 aromatic carbocycles. The van der Waals surface area contributed by atoms with E-state index in [0.717, 1.165) is 25.7 Å². The molecule has 2 aromatic rings. The van der Waals surface area contributed by atoms with Gasteiger partial charge in [-0.3, -0.25) is 5.32 Å². The molecule has 3 rings (SSSR count). The van der Waals surface area contributed by atoms with Crippen LogP contribution in [0.4, 0.5) is 10.7 Å². The quantitative estimate of drug-likeness (QED) is 0.789. The van der Waals surface area contributed by atoms with Crippen LogP contribution in [-0.4, -0.2) is 37.9 Å². The van der Waals surface area contributed by atoms with Crippen molar-refractivity contribution in [2.24, 2.45) is 0 Å². The minimum Gasteiger partial charge on any atom is -0.391 e. The number of urea groups is 1. The first-order valence-corrected chi connectivity index (χ1v) is 7.27. The summed E-state index contributed by atoms with van der Waals surface area (Å²) in [5, 5.41) is 19.8. The number of hydrogen-bond donors (Lipinski definition) is 3. The van der Waals surface area contributed by atoms with Gasteiger partial charge >= 0.3 is 6.03 Å². The lowest BCUT2D eigenvalue weighted by molar-refractivity contribution is 0.0955. The van der Waals surface area contributed by atoms with E-state index in [1.807, 2.05) is 0 Å². The Bertz CT molecular complexity index is 659. The number of nitrogens with one attached hydrogen (secondary N) is 2. The average Bonchev–Trinajstić information content (AvgIpc) is 2.82. The number of anilines is 1. The molecule has 0 aliphatic heterocycles. The van der Waals surface area contributed by atoms with Gasteiger partial charge in [0.2, 0.25) is 0 Å². The van der Waals surface area contributed by atoms with Crippen molar-refractivity contribution in [3.63, 3.8) is 0 Å². The molecular formula is C13H16ClN5O2. The molecule has 2 amide bonds. The molecule has 0 saturated heterocycles. The predicted molar refractivity (Wildman–Crippen MR) is 78.4 cm³/mol. The maximum Gasteiger partial charge on any atom is 0.321 e. The number of rotatable bonds is 2. The molecule has 1 saturated carbocycles. The Labute approximate surface area is 126 Å². The van der Waals surface area contributed by atoms with Crippen molar-refractivity contribution in [3.8, 4) is 0 Å². The summed E-state index contributed by atoms with van der Waals surface area (Å²) in [7, 11) is 0. The van der Waals surface area contributed by atoms with Crippen LogP contribution < -0.4 is 10.6 Å². The third-order valence-electron chi connectivity index (χ3n) is 3.57. The molecule has 0 bridgehead atoms. The first-order chi connectivity index (χ1) is 10.1. The first-order valence-electron chi connectivity index (χ1n) is 6.89. The lowest BCUT2D eigenvalue weighted by atomic mass is 9.93. The van der Waals surface area contributed by atoms with Crippen molar-refractivity contribution in [1.29, 1.82) is 0 Å². The lowest BCUT2D eigenvalue weighted by Crippen LogP contribution is -2.46. The molecule has 3 N–H and O–H groups in total. The number of pyridine rings is 1. The van der Waals surface area contributed by atoms with Gasteiger partial charge in [-0.15, -0.1) is 5.10 Å². The van der Waals surface area contributed by atoms with Crippen LogP contribution in [0.25, 0.3) is 5.65 Å². The standard InChI is InChI=1S/C13H16ClN5O2/c14-8-5-6-11-16-12(18-19(11)7-8)17-13(21)15-9-3-1-2-4-10(9)20/h5-7,9-10,20H,1-4H2,(H2,15,17,18,21)/t9-,10+/m0/s1. The SMILES string of the molecule is O=C(Nc1nc2ccc(Cl)cn2n1)N[C@H]1CCCC[C@H]1O. The minimum atomic E-state index is -0.489. The normalized spacial score (nSPS) is 22.2. The highest BCUT2D eigenvalue weighted by Gasteiger charge is 2.24. The van der Waals surface area contributed by atoms with Crippen LogP contribution in [0.5, 0.6) is 0 Å². The average molecular weight is 310 g/mol. The molecule has 8 heteroatoms. The van der Waals surface area contributed by atoms with Crippen LogP contribution in [0, 0.1) is 0 Å². The molecular weight excluding hydrogens is 294 g/mol. The van der Waals surface area contributed by atoms with Crippen LogP contribution in [0.15, 0.2) is 18.3 Å². The van der Waals surface area contributed by atoms with Gasteiger partial charge in [0.15, 0.2) is 5.65 Å². The first kappa shape index (κ1) is 14.1. The second kappa shape index (κ2) is 5.87. The van der Waals surface area contributed by atoms with E-state index in [4.69, 9.17) is 11.6 Å². The van der Waals surface area contributed by atoms with Crippen molar-refractivity contribution in [2.75, 3.05) is 5.32 Å². The zero-order valence-corrected chi connectivity index (χ0v) is 12.0. The van der Waals surface area contributed by atoms with Gasteiger partial charge in [0.1, 0.15) is 0 Å². The smallest absolute Gasteiger partial charge is 0.321 e. The molecule has 0 spiro atoms. The number of halogens is 1. The molecule has 21 heavy (non-hydrogen) atoms. The van der Waals surface area contributed by atoms with Gasteiger partial charge in [-0.2, -0.15) is 4.98 Å². The van der Waals surface area contributed by atoms with Gasteiger partial charge in [0.05, 0.1) is 17.2 Å². The van der Waals surface area contributed by atoms with Gasteiger partial charge in [0, 0.05) is 6.20 Å². The zero-order valence-electron chi connectivity index (χ0n) is 11.3. The third-order valence-corrected chi connectivity index (χ3v) is 3.79. The fourth-order valence-corrected chi connectivity index (χ4v) is 2.65. The summed E-state index contributed by atoms with van der Waals surface area (Å²) in [5.74, 6) is 0.195. The van der Waals surface area contributed by atoms with Crippen LogP contribution in [0.3, 0.4) is 0 Å². The number of carbonyl (C=O) groups excluding carboxylic acids is 1. The van der Waals surface area contributed by atoms with Crippen molar-refractivity contribution < 1.29 is 9.90 Å². The summed E-state index contributed by atoms with van der Waals surface area (Å²) in [4.78, 5) is 16.1. The summed E-state index contributed by atoms with van der Waals surface area (Å²) >= 11 is 5.86. The van der Waals surface area contributed by atoms with E-state index in [0.29, 0.717) is 10.7 Å². The molecule has 0 radical (unpaired) electrons. The number of aromatic nitrogens is 3. The van der Waals surface area contributed by atoms with E-state index >= 15 is 0 Å². The van der Waals surface area contributed by atoms with Crippen LogP contribution >= 0.6 is 11.6 Å². The minimum absolute atomic E-state index is 0.195. The maximum atomic E-state index is 11.9. The fraction of sp³-hybridized carbons (Fsp3) is 0.462. The molecule has 7 nitrogen and oxygen atoms in total. The molecule has 1 aliphatic rings. The van der Waals surface area contributed by atoms with Gasteiger partial charge in [-0.25, -0.2) is 9.31 Å². The fourth-order valence-electron chi connectivity index (χ4n) is 2.50. The summed E-state index contributed by atoms with van der Waals surface area (Å²) in [6.07, 6.45) is 4.62. The summed E-state index contributed by atoms with van der Waals surface area (Å²) in [6, 6.07) is 2.78. The molecule has 2 atom stereocenters. The molecule has 2 aromatic heterocycles. The topological polar surface area (TPSA) is 91.6 Å². The lowest BCUT2D eigenvalue weighted by Gasteiger charge is -2.28. The Kier molecular flexibility index (Phi) is 3.94. The Morgan fingerprint density at radius 1 is 1.38 bits per heavy atom. The maximum absolute atomic E-state index is 11.9. The van der Waals surface area contributed by atoms with Gasteiger partial charge < -0.3 is 10.4 Å². The van der Waals surface area contributed by atoms with Crippen LogP contribution in [0.2, 0.25) is 5.02 Å². The number of aliphatic hydroxyl groups is 1. The predicted octanol–water partition coefficient (Wildman–Crippen LogP) is 1.81. The second-order valence-electron chi connectivity index (χ2n) is 5.14. The highest BCUT2D eigenvalue weighted by atomic mass is 35.5. The number of nitrogens with zero attached hydrogens (tertiary/aromatic N) is 3. The number of hydrogen-bond acceptors (Lipinski definition) is 4. The van der Waals surface area contributed by atoms with Gasteiger partial charge in [0.25, 0.3) is 5.95 Å². The summed E-state index contributed by atoms with van der Waals surface area (Å²) < 4.78 is 1.49. The van der Waals surface area contributed by atoms with E-state index in [9.17, 15) is 9.90 Å². The van der Waals surface area contributed by atoms with Crippen molar-refractivity contribution in [3.05, 3.63) is 23.4 Å². The summed E-state index contributed by atoms with van der Waals surface area (Å²) in [6.45, 7) is 0. The van der Waals surface area contributed by atoms with E-state index in [1.54, 1.807) is 18.3 Å². The van der Waals surface area contributed by atoms with Gasteiger partial charge in [-0.1, -0.05) is 24.4 Å². The highest BCUT2D eigenvalue weighted by Crippen LogP contribution is 2.18. The van der Waals surface area contributed by atoms with E-state index in [1.165, 1.54) is 4.52 Å². The number of aliphatic hydroxyl groups excluding tert-OH is 1. The Balaban J connectivity index is 1.65.